The van der Waals surface area contributed by atoms with Gasteiger partial charge in [-0.05, 0) is 36.1 Å². The first-order valence-corrected chi connectivity index (χ1v) is 7.25. The average molecular weight is 289 g/mol. The molecule has 2 aliphatic heterocycles. The molecular formula is C16H19NO4. The molecule has 0 aliphatic carbocycles. The first-order valence-electron chi connectivity index (χ1n) is 7.25. The third-order valence-electron chi connectivity index (χ3n) is 4.21. The van der Waals surface area contributed by atoms with E-state index in [0.29, 0.717) is 31.9 Å². The van der Waals surface area contributed by atoms with E-state index in [1.165, 1.54) is 7.11 Å². The third-order valence-corrected chi connectivity index (χ3v) is 4.21. The van der Waals surface area contributed by atoms with Crippen molar-refractivity contribution in [1.82, 2.24) is 4.90 Å². The first kappa shape index (κ1) is 14.1. The maximum atomic E-state index is 12.6. The molecule has 3 rings (SSSR count). The van der Waals surface area contributed by atoms with Crippen molar-refractivity contribution in [3.8, 4) is 0 Å². The van der Waals surface area contributed by atoms with E-state index in [2.05, 4.69) is 0 Å². The Kier molecular flexibility index (Phi) is 3.92. The molecule has 1 atom stereocenters. The van der Waals surface area contributed by atoms with Gasteiger partial charge in [-0.25, -0.2) is 0 Å². The Balaban J connectivity index is 1.74. The van der Waals surface area contributed by atoms with Crippen LogP contribution in [0.25, 0.3) is 0 Å². The number of fused-ring (bicyclic) bond motifs is 1. The SMILES string of the molecule is COC(=O)[C@H]1CCCN(C(=O)c2ccc3c(c2)COC3)C1. The second-order valence-corrected chi connectivity index (χ2v) is 5.59. The molecule has 1 aromatic rings. The zero-order valence-electron chi connectivity index (χ0n) is 12.1. The number of carbonyl (C=O) groups is 2. The quantitative estimate of drug-likeness (QED) is 0.778. The molecule has 0 spiro atoms. The second-order valence-electron chi connectivity index (χ2n) is 5.59. The normalized spacial score (nSPS) is 21.0. The highest BCUT2D eigenvalue weighted by atomic mass is 16.5. The van der Waals surface area contributed by atoms with Gasteiger partial charge in [0.15, 0.2) is 0 Å². The van der Waals surface area contributed by atoms with Crippen molar-refractivity contribution >= 4 is 11.9 Å². The van der Waals surface area contributed by atoms with Crippen LogP contribution in [0.4, 0.5) is 0 Å². The fourth-order valence-corrected chi connectivity index (χ4v) is 3.01. The van der Waals surface area contributed by atoms with E-state index < -0.39 is 0 Å². The van der Waals surface area contributed by atoms with Crippen LogP contribution < -0.4 is 0 Å². The number of benzene rings is 1. The number of piperidine rings is 1. The van der Waals surface area contributed by atoms with Crippen LogP contribution in [0.15, 0.2) is 18.2 Å². The number of rotatable bonds is 2. The molecular weight excluding hydrogens is 270 g/mol. The van der Waals surface area contributed by atoms with Gasteiger partial charge >= 0.3 is 5.97 Å². The van der Waals surface area contributed by atoms with Crippen molar-refractivity contribution in [2.75, 3.05) is 20.2 Å². The number of ether oxygens (including phenoxy) is 2. The molecule has 0 aromatic heterocycles. The number of likely N-dealkylation sites (tertiary alicyclic amines) is 1. The molecule has 0 radical (unpaired) electrons. The maximum absolute atomic E-state index is 12.6. The van der Waals surface area contributed by atoms with Crippen LogP contribution >= 0.6 is 0 Å². The van der Waals surface area contributed by atoms with Crippen LogP contribution in [0, 0.1) is 5.92 Å². The Hall–Kier alpha value is -1.88. The van der Waals surface area contributed by atoms with Gasteiger partial charge in [0.25, 0.3) is 5.91 Å². The molecule has 1 saturated heterocycles. The molecule has 5 nitrogen and oxygen atoms in total. The van der Waals surface area contributed by atoms with E-state index in [1.807, 2.05) is 18.2 Å². The average Bonchev–Trinajstić information content (AvgIpc) is 3.01. The molecule has 0 unspecified atom stereocenters. The van der Waals surface area contributed by atoms with Crippen LogP contribution in [-0.2, 0) is 27.5 Å². The minimum absolute atomic E-state index is 0.0155. The summed E-state index contributed by atoms with van der Waals surface area (Å²) in [5, 5.41) is 0. The van der Waals surface area contributed by atoms with Crippen LogP contribution in [0.5, 0.6) is 0 Å². The summed E-state index contributed by atoms with van der Waals surface area (Å²) >= 11 is 0. The van der Waals surface area contributed by atoms with Crippen molar-refractivity contribution in [1.29, 1.82) is 0 Å². The van der Waals surface area contributed by atoms with Crippen molar-refractivity contribution in [2.24, 2.45) is 5.92 Å². The van der Waals surface area contributed by atoms with Crippen molar-refractivity contribution < 1.29 is 19.1 Å². The highest BCUT2D eigenvalue weighted by Crippen LogP contribution is 2.24. The summed E-state index contributed by atoms with van der Waals surface area (Å²) in [6.45, 7) is 2.33. The van der Waals surface area contributed by atoms with Gasteiger partial charge in [0.05, 0.1) is 26.2 Å². The van der Waals surface area contributed by atoms with Crippen LogP contribution in [0.2, 0.25) is 0 Å². The molecule has 1 fully saturated rings. The number of hydrogen-bond acceptors (Lipinski definition) is 4. The van der Waals surface area contributed by atoms with E-state index in [-0.39, 0.29) is 17.8 Å². The maximum Gasteiger partial charge on any atom is 0.310 e. The zero-order valence-corrected chi connectivity index (χ0v) is 12.1. The summed E-state index contributed by atoms with van der Waals surface area (Å²) in [6, 6.07) is 5.71. The third kappa shape index (κ3) is 2.78. The molecule has 112 valence electrons. The van der Waals surface area contributed by atoms with Crippen molar-refractivity contribution in [3.63, 3.8) is 0 Å². The van der Waals surface area contributed by atoms with Crippen LogP contribution in [0.3, 0.4) is 0 Å². The lowest BCUT2D eigenvalue weighted by atomic mass is 9.97. The minimum Gasteiger partial charge on any atom is -0.469 e. The van der Waals surface area contributed by atoms with Crippen molar-refractivity contribution in [3.05, 3.63) is 34.9 Å². The summed E-state index contributed by atoms with van der Waals surface area (Å²) in [5.74, 6) is -0.446. The van der Waals surface area contributed by atoms with Crippen LogP contribution in [-0.4, -0.2) is 37.0 Å². The molecule has 0 bridgehead atoms. The summed E-state index contributed by atoms with van der Waals surface area (Å²) in [6.07, 6.45) is 1.62. The molecule has 1 aromatic carbocycles. The predicted molar refractivity (Wildman–Crippen MR) is 75.6 cm³/mol. The van der Waals surface area contributed by atoms with Gasteiger partial charge in [-0.15, -0.1) is 0 Å². The lowest BCUT2D eigenvalue weighted by Gasteiger charge is -2.31. The van der Waals surface area contributed by atoms with Gasteiger partial charge in [-0.3, -0.25) is 9.59 Å². The number of esters is 1. The van der Waals surface area contributed by atoms with Gasteiger partial charge in [0.2, 0.25) is 0 Å². The number of hydrogen-bond donors (Lipinski definition) is 0. The predicted octanol–water partition coefficient (Wildman–Crippen LogP) is 1.74. The lowest BCUT2D eigenvalue weighted by molar-refractivity contribution is -0.146. The smallest absolute Gasteiger partial charge is 0.310 e. The van der Waals surface area contributed by atoms with Gasteiger partial charge in [0, 0.05) is 18.7 Å². The molecule has 2 heterocycles. The number of methoxy groups -OCH3 is 1. The largest absolute Gasteiger partial charge is 0.469 e. The minimum atomic E-state index is -0.227. The van der Waals surface area contributed by atoms with E-state index >= 15 is 0 Å². The molecule has 1 amide bonds. The van der Waals surface area contributed by atoms with E-state index in [1.54, 1.807) is 4.90 Å². The summed E-state index contributed by atoms with van der Waals surface area (Å²) in [4.78, 5) is 26.0. The highest BCUT2D eigenvalue weighted by molar-refractivity contribution is 5.95. The summed E-state index contributed by atoms with van der Waals surface area (Å²) < 4.78 is 10.2. The van der Waals surface area contributed by atoms with Crippen LogP contribution in [0.1, 0.15) is 34.3 Å². The lowest BCUT2D eigenvalue weighted by Crippen LogP contribution is -2.42. The topological polar surface area (TPSA) is 55.8 Å². The molecule has 2 aliphatic rings. The monoisotopic (exact) mass is 289 g/mol. The number of carbonyl (C=O) groups excluding carboxylic acids is 2. The van der Waals surface area contributed by atoms with E-state index in [4.69, 9.17) is 9.47 Å². The Morgan fingerprint density at radius 2 is 2.10 bits per heavy atom. The van der Waals surface area contributed by atoms with E-state index in [0.717, 1.165) is 24.0 Å². The second kappa shape index (κ2) is 5.85. The number of nitrogens with zero attached hydrogens (tertiary/aromatic N) is 1. The van der Waals surface area contributed by atoms with Gasteiger partial charge in [0.1, 0.15) is 0 Å². The van der Waals surface area contributed by atoms with Gasteiger partial charge in [-0.1, -0.05) is 6.07 Å². The molecule has 5 heteroatoms. The van der Waals surface area contributed by atoms with E-state index in [9.17, 15) is 9.59 Å². The summed E-state index contributed by atoms with van der Waals surface area (Å²) in [5.41, 5.74) is 2.91. The standard InChI is InChI=1S/C16H19NO4/c1-20-16(19)12-3-2-6-17(8-12)15(18)11-4-5-13-9-21-10-14(13)7-11/h4-5,7,12H,2-3,6,8-10H2,1H3/t12-/m0/s1. The Morgan fingerprint density at radius 3 is 2.90 bits per heavy atom. The molecule has 0 N–H and O–H groups in total. The van der Waals surface area contributed by atoms with Gasteiger partial charge < -0.3 is 14.4 Å². The fourth-order valence-electron chi connectivity index (χ4n) is 3.01. The first-order chi connectivity index (χ1) is 10.2. The Morgan fingerprint density at radius 1 is 1.29 bits per heavy atom. The Labute approximate surface area is 123 Å². The Bertz CT molecular complexity index is 569. The van der Waals surface area contributed by atoms with Crippen molar-refractivity contribution in [2.45, 2.75) is 26.1 Å². The summed E-state index contributed by atoms with van der Waals surface area (Å²) in [7, 11) is 1.39. The molecule has 21 heavy (non-hydrogen) atoms. The molecule has 0 saturated carbocycles. The zero-order chi connectivity index (χ0) is 14.8. The fraction of sp³-hybridized carbons (Fsp3) is 0.500. The van der Waals surface area contributed by atoms with Gasteiger partial charge in [-0.2, -0.15) is 0 Å². The number of amides is 1. The highest BCUT2D eigenvalue weighted by Gasteiger charge is 2.29.